The van der Waals surface area contributed by atoms with Crippen molar-refractivity contribution in [1.29, 1.82) is 0 Å². The summed E-state index contributed by atoms with van der Waals surface area (Å²) in [4.78, 5) is 10.9. The SMILES string of the molecule is COC(=O)CNc1ccc(OC)c(C)c1. The van der Waals surface area contributed by atoms with Crippen molar-refractivity contribution in [3.63, 3.8) is 0 Å². The molecule has 4 nitrogen and oxygen atoms in total. The molecule has 0 aliphatic heterocycles. The highest BCUT2D eigenvalue weighted by molar-refractivity contribution is 5.74. The van der Waals surface area contributed by atoms with Crippen molar-refractivity contribution in [1.82, 2.24) is 0 Å². The molecule has 0 amide bonds. The van der Waals surface area contributed by atoms with Gasteiger partial charge in [0.2, 0.25) is 0 Å². The van der Waals surface area contributed by atoms with Crippen LogP contribution in [0.1, 0.15) is 5.56 Å². The number of carbonyl (C=O) groups excluding carboxylic acids is 1. The summed E-state index contributed by atoms with van der Waals surface area (Å²) in [5.74, 6) is 0.544. The summed E-state index contributed by atoms with van der Waals surface area (Å²) < 4.78 is 9.65. The van der Waals surface area contributed by atoms with Crippen LogP contribution in [0.2, 0.25) is 0 Å². The predicted octanol–water partition coefficient (Wildman–Crippen LogP) is 1.59. The van der Waals surface area contributed by atoms with Crippen molar-refractivity contribution in [3.05, 3.63) is 23.8 Å². The maximum Gasteiger partial charge on any atom is 0.325 e. The lowest BCUT2D eigenvalue weighted by atomic mass is 10.2. The Morgan fingerprint density at radius 2 is 2.13 bits per heavy atom. The Morgan fingerprint density at radius 1 is 1.40 bits per heavy atom. The largest absolute Gasteiger partial charge is 0.496 e. The minimum absolute atomic E-state index is 0.169. The quantitative estimate of drug-likeness (QED) is 0.765. The number of benzene rings is 1. The number of aryl methyl sites for hydroxylation is 1. The summed E-state index contributed by atoms with van der Waals surface area (Å²) in [6.07, 6.45) is 0. The average Bonchev–Trinajstić information content (AvgIpc) is 2.26. The zero-order valence-electron chi connectivity index (χ0n) is 9.16. The number of nitrogens with one attached hydrogen (secondary N) is 1. The van der Waals surface area contributed by atoms with Gasteiger partial charge in [-0.15, -0.1) is 0 Å². The molecule has 0 unspecified atom stereocenters. The third-order valence-corrected chi connectivity index (χ3v) is 2.06. The molecule has 0 radical (unpaired) electrons. The number of rotatable bonds is 4. The number of hydrogen-bond acceptors (Lipinski definition) is 4. The zero-order valence-corrected chi connectivity index (χ0v) is 9.16. The van der Waals surface area contributed by atoms with Crippen LogP contribution >= 0.6 is 0 Å². The van der Waals surface area contributed by atoms with E-state index in [-0.39, 0.29) is 12.5 Å². The van der Waals surface area contributed by atoms with Crippen molar-refractivity contribution < 1.29 is 14.3 Å². The fourth-order valence-electron chi connectivity index (χ4n) is 1.23. The van der Waals surface area contributed by atoms with Crippen molar-refractivity contribution in [2.75, 3.05) is 26.1 Å². The van der Waals surface area contributed by atoms with Gasteiger partial charge in [-0.3, -0.25) is 4.79 Å². The fraction of sp³-hybridized carbons (Fsp3) is 0.364. The van der Waals surface area contributed by atoms with E-state index in [9.17, 15) is 4.79 Å². The third kappa shape index (κ3) is 3.16. The molecular weight excluding hydrogens is 194 g/mol. The summed E-state index contributed by atoms with van der Waals surface area (Å²) in [7, 11) is 2.99. The van der Waals surface area contributed by atoms with E-state index in [1.54, 1.807) is 7.11 Å². The van der Waals surface area contributed by atoms with Gasteiger partial charge in [0.05, 0.1) is 14.2 Å². The third-order valence-electron chi connectivity index (χ3n) is 2.06. The van der Waals surface area contributed by atoms with Crippen LogP contribution in [0.25, 0.3) is 0 Å². The smallest absolute Gasteiger partial charge is 0.325 e. The Morgan fingerprint density at radius 3 is 2.67 bits per heavy atom. The molecule has 0 bridgehead atoms. The van der Waals surface area contributed by atoms with Gasteiger partial charge in [-0.25, -0.2) is 0 Å². The van der Waals surface area contributed by atoms with Gasteiger partial charge in [0.25, 0.3) is 0 Å². The van der Waals surface area contributed by atoms with Crippen LogP contribution in [0, 0.1) is 6.92 Å². The van der Waals surface area contributed by atoms with Gasteiger partial charge < -0.3 is 14.8 Å². The van der Waals surface area contributed by atoms with E-state index in [1.165, 1.54) is 7.11 Å². The Kier molecular flexibility index (Phi) is 3.97. The van der Waals surface area contributed by atoms with Crippen LogP contribution in [0.4, 0.5) is 5.69 Å². The summed E-state index contributed by atoms with van der Waals surface area (Å²) in [6, 6.07) is 5.63. The van der Waals surface area contributed by atoms with Crippen LogP contribution in [-0.2, 0) is 9.53 Å². The number of methoxy groups -OCH3 is 2. The lowest BCUT2D eigenvalue weighted by Crippen LogP contribution is -2.14. The van der Waals surface area contributed by atoms with Crippen molar-refractivity contribution >= 4 is 11.7 Å². The summed E-state index contributed by atoms with van der Waals surface area (Å²) in [5.41, 5.74) is 1.89. The van der Waals surface area contributed by atoms with Gasteiger partial charge >= 0.3 is 5.97 Å². The molecule has 0 aliphatic rings. The topological polar surface area (TPSA) is 47.6 Å². The molecule has 0 fully saturated rings. The van der Waals surface area contributed by atoms with E-state index in [1.807, 2.05) is 25.1 Å². The Labute approximate surface area is 89.2 Å². The normalized spacial score (nSPS) is 9.53. The molecule has 4 heteroatoms. The summed E-state index contributed by atoms with van der Waals surface area (Å²) in [6.45, 7) is 2.12. The summed E-state index contributed by atoms with van der Waals surface area (Å²) >= 11 is 0. The van der Waals surface area contributed by atoms with Gasteiger partial charge in [0.15, 0.2) is 0 Å². The molecule has 82 valence electrons. The van der Waals surface area contributed by atoms with Crippen LogP contribution in [0.5, 0.6) is 5.75 Å². The molecule has 15 heavy (non-hydrogen) atoms. The molecule has 1 aromatic rings. The highest BCUT2D eigenvalue weighted by atomic mass is 16.5. The number of ether oxygens (including phenoxy) is 2. The van der Waals surface area contributed by atoms with Crippen molar-refractivity contribution in [3.8, 4) is 5.75 Å². The molecule has 1 aromatic carbocycles. The van der Waals surface area contributed by atoms with Crippen LogP contribution in [-0.4, -0.2) is 26.7 Å². The number of carbonyl (C=O) groups is 1. The monoisotopic (exact) mass is 209 g/mol. The fourth-order valence-corrected chi connectivity index (χ4v) is 1.23. The minimum Gasteiger partial charge on any atom is -0.496 e. The first-order valence-corrected chi connectivity index (χ1v) is 4.62. The first-order chi connectivity index (χ1) is 7.17. The second-order valence-electron chi connectivity index (χ2n) is 3.11. The van der Waals surface area contributed by atoms with Crippen LogP contribution < -0.4 is 10.1 Å². The molecule has 0 spiro atoms. The minimum atomic E-state index is -0.288. The molecule has 0 aliphatic carbocycles. The average molecular weight is 209 g/mol. The lowest BCUT2D eigenvalue weighted by Gasteiger charge is -2.08. The van der Waals surface area contributed by atoms with Gasteiger partial charge in [0, 0.05) is 5.69 Å². The second-order valence-corrected chi connectivity index (χ2v) is 3.11. The van der Waals surface area contributed by atoms with E-state index in [4.69, 9.17) is 4.74 Å². The standard InChI is InChI=1S/C11H15NO3/c1-8-6-9(4-5-10(8)14-2)12-7-11(13)15-3/h4-6,12H,7H2,1-3H3. The Balaban J connectivity index is 2.63. The van der Waals surface area contributed by atoms with E-state index in [2.05, 4.69) is 10.1 Å². The highest BCUT2D eigenvalue weighted by Crippen LogP contribution is 2.21. The molecule has 0 saturated heterocycles. The maximum atomic E-state index is 10.9. The molecule has 0 aromatic heterocycles. The molecule has 0 saturated carbocycles. The van der Waals surface area contributed by atoms with Crippen LogP contribution in [0.15, 0.2) is 18.2 Å². The molecule has 0 atom stereocenters. The molecule has 1 rings (SSSR count). The van der Waals surface area contributed by atoms with Gasteiger partial charge in [0.1, 0.15) is 12.3 Å². The van der Waals surface area contributed by atoms with E-state index in [0.29, 0.717) is 0 Å². The Hall–Kier alpha value is -1.71. The van der Waals surface area contributed by atoms with E-state index in [0.717, 1.165) is 17.0 Å². The second kappa shape index (κ2) is 5.24. The first-order valence-electron chi connectivity index (χ1n) is 4.62. The van der Waals surface area contributed by atoms with Gasteiger partial charge in [-0.05, 0) is 30.7 Å². The lowest BCUT2D eigenvalue weighted by molar-refractivity contribution is -0.138. The molecule has 1 N–H and O–H groups in total. The van der Waals surface area contributed by atoms with E-state index >= 15 is 0 Å². The predicted molar refractivity (Wildman–Crippen MR) is 58.2 cm³/mol. The molecular formula is C11H15NO3. The van der Waals surface area contributed by atoms with Crippen LogP contribution in [0.3, 0.4) is 0 Å². The van der Waals surface area contributed by atoms with Crippen molar-refractivity contribution in [2.45, 2.75) is 6.92 Å². The zero-order chi connectivity index (χ0) is 11.3. The number of hydrogen-bond donors (Lipinski definition) is 1. The Bertz CT molecular complexity index is 350. The van der Waals surface area contributed by atoms with Crippen molar-refractivity contribution in [2.24, 2.45) is 0 Å². The number of esters is 1. The summed E-state index contributed by atoms with van der Waals surface area (Å²) in [5, 5.41) is 2.96. The van der Waals surface area contributed by atoms with E-state index < -0.39 is 0 Å². The van der Waals surface area contributed by atoms with Gasteiger partial charge in [-0.2, -0.15) is 0 Å². The first kappa shape index (κ1) is 11.4. The van der Waals surface area contributed by atoms with Gasteiger partial charge in [-0.1, -0.05) is 0 Å². The number of anilines is 1. The molecule has 0 heterocycles. The maximum absolute atomic E-state index is 10.9. The highest BCUT2D eigenvalue weighted by Gasteiger charge is 2.02.